The van der Waals surface area contributed by atoms with E-state index in [4.69, 9.17) is 0 Å². The SMILES string of the molecule is O=C(Nc1ccc(N2CCNCC2)cc1)c1ccc(N2CCNCC2)s1. The monoisotopic (exact) mass is 371 g/mol. The molecule has 4 rings (SSSR count). The summed E-state index contributed by atoms with van der Waals surface area (Å²) in [6.07, 6.45) is 0. The van der Waals surface area contributed by atoms with Crippen molar-refractivity contribution in [3.05, 3.63) is 41.3 Å². The average Bonchev–Trinajstić information content (AvgIpc) is 3.20. The molecule has 7 heteroatoms. The summed E-state index contributed by atoms with van der Waals surface area (Å²) in [6, 6.07) is 12.1. The Hall–Kier alpha value is -2.09. The van der Waals surface area contributed by atoms with Gasteiger partial charge in [-0.15, -0.1) is 11.3 Å². The molecule has 2 aliphatic heterocycles. The molecule has 0 unspecified atom stereocenters. The van der Waals surface area contributed by atoms with E-state index in [2.05, 4.69) is 43.9 Å². The highest BCUT2D eigenvalue weighted by Crippen LogP contribution is 2.27. The summed E-state index contributed by atoms with van der Waals surface area (Å²) < 4.78 is 0. The Morgan fingerprint density at radius 2 is 1.46 bits per heavy atom. The van der Waals surface area contributed by atoms with Gasteiger partial charge in [-0.3, -0.25) is 4.79 Å². The van der Waals surface area contributed by atoms with Crippen LogP contribution < -0.4 is 25.8 Å². The number of piperazine rings is 2. The van der Waals surface area contributed by atoms with E-state index in [0.29, 0.717) is 0 Å². The first-order valence-corrected chi connectivity index (χ1v) is 10.0. The van der Waals surface area contributed by atoms with Crippen molar-refractivity contribution < 1.29 is 4.79 Å². The lowest BCUT2D eigenvalue weighted by Crippen LogP contribution is -2.43. The molecule has 0 radical (unpaired) electrons. The number of rotatable bonds is 4. The van der Waals surface area contributed by atoms with Crippen LogP contribution in [-0.4, -0.2) is 58.3 Å². The van der Waals surface area contributed by atoms with Gasteiger partial charge >= 0.3 is 0 Å². The van der Waals surface area contributed by atoms with Gasteiger partial charge in [-0.05, 0) is 36.4 Å². The second-order valence-corrected chi connectivity index (χ2v) is 7.68. The number of carbonyl (C=O) groups excluding carboxylic acids is 1. The zero-order chi connectivity index (χ0) is 17.8. The Morgan fingerprint density at radius 3 is 2.12 bits per heavy atom. The van der Waals surface area contributed by atoms with Gasteiger partial charge in [0.1, 0.15) is 0 Å². The highest BCUT2D eigenvalue weighted by Gasteiger charge is 2.16. The highest BCUT2D eigenvalue weighted by molar-refractivity contribution is 7.18. The smallest absolute Gasteiger partial charge is 0.265 e. The lowest BCUT2D eigenvalue weighted by molar-refractivity contribution is 0.103. The minimum absolute atomic E-state index is 0.0358. The van der Waals surface area contributed by atoms with Crippen LogP contribution in [0.5, 0.6) is 0 Å². The summed E-state index contributed by atoms with van der Waals surface area (Å²) >= 11 is 1.56. The van der Waals surface area contributed by atoms with E-state index >= 15 is 0 Å². The molecule has 6 nitrogen and oxygen atoms in total. The van der Waals surface area contributed by atoms with Crippen LogP contribution in [0.25, 0.3) is 0 Å². The summed E-state index contributed by atoms with van der Waals surface area (Å²) in [5.74, 6) is -0.0358. The number of hydrogen-bond donors (Lipinski definition) is 3. The van der Waals surface area contributed by atoms with Crippen LogP contribution >= 0.6 is 11.3 Å². The first-order valence-electron chi connectivity index (χ1n) is 9.22. The molecule has 2 fully saturated rings. The van der Waals surface area contributed by atoms with Crippen molar-refractivity contribution in [2.75, 3.05) is 67.5 Å². The van der Waals surface area contributed by atoms with Crippen LogP contribution in [0, 0.1) is 0 Å². The zero-order valence-corrected chi connectivity index (χ0v) is 15.6. The third-order valence-corrected chi connectivity index (χ3v) is 6.00. The Kier molecular flexibility index (Phi) is 5.38. The van der Waals surface area contributed by atoms with Gasteiger partial charge in [-0.2, -0.15) is 0 Å². The third-order valence-electron chi connectivity index (χ3n) is 4.85. The quantitative estimate of drug-likeness (QED) is 0.765. The maximum Gasteiger partial charge on any atom is 0.265 e. The second-order valence-electron chi connectivity index (χ2n) is 6.61. The lowest BCUT2D eigenvalue weighted by Gasteiger charge is -2.29. The molecular weight excluding hydrogens is 346 g/mol. The molecule has 1 aromatic heterocycles. The molecule has 138 valence electrons. The molecular formula is C19H25N5OS. The molecule has 2 saturated heterocycles. The van der Waals surface area contributed by atoms with E-state index in [9.17, 15) is 4.79 Å². The molecule has 3 heterocycles. The zero-order valence-electron chi connectivity index (χ0n) is 14.8. The van der Waals surface area contributed by atoms with E-state index in [1.807, 2.05) is 18.2 Å². The van der Waals surface area contributed by atoms with Crippen molar-refractivity contribution in [3.8, 4) is 0 Å². The molecule has 1 aromatic carbocycles. The number of hydrogen-bond acceptors (Lipinski definition) is 6. The molecule has 0 atom stereocenters. The normalized spacial score (nSPS) is 18.0. The van der Waals surface area contributed by atoms with Crippen LogP contribution in [-0.2, 0) is 0 Å². The summed E-state index contributed by atoms with van der Waals surface area (Å²) in [6.45, 7) is 8.08. The van der Waals surface area contributed by atoms with Crippen LogP contribution in [0.1, 0.15) is 9.67 Å². The van der Waals surface area contributed by atoms with E-state index < -0.39 is 0 Å². The van der Waals surface area contributed by atoms with Crippen molar-refractivity contribution in [2.45, 2.75) is 0 Å². The maximum absolute atomic E-state index is 12.5. The maximum atomic E-state index is 12.5. The van der Waals surface area contributed by atoms with E-state index in [1.165, 1.54) is 10.7 Å². The molecule has 0 aliphatic carbocycles. The summed E-state index contributed by atoms with van der Waals surface area (Å²) in [7, 11) is 0. The van der Waals surface area contributed by atoms with Gasteiger partial charge in [0.2, 0.25) is 0 Å². The summed E-state index contributed by atoms with van der Waals surface area (Å²) in [5, 5.41) is 10.9. The predicted octanol–water partition coefficient (Wildman–Crippen LogP) is 1.82. The fourth-order valence-corrected chi connectivity index (χ4v) is 4.33. The van der Waals surface area contributed by atoms with Gasteiger partial charge < -0.3 is 25.8 Å². The number of nitrogens with zero attached hydrogens (tertiary/aromatic N) is 2. The average molecular weight is 372 g/mol. The van der Waals surface area contributed by atoms with Crippen molar-refractivity contribution in [2.24, 2.45) is 0 Å². The molecule has 0 saturated carbocycles. The number of amides is 1. The molecule has 3 N–H and O–H groups in total. The summed E-state index contributed by atoms with van der Waals surface area (Å²) in [4.78, 5) is 18.0. The molecule has 2 aliphatic rings. The predicted molar refractivity (Wildman–Crippen MR) is 109 cm³/mol. The van der Waals surface area contributed by atoms with E-state index in [1.54, 1.807) is 11.3 Å². The second kappa shape index (κ2) is 8.07. The number of anilines is 3. The first kappa shape index (κ1) is 17.3. The van der Waals surface area contributed by atoms with Gasteiger partial charge in [0.25, 0.3) is 5.91 Å². The number of thiophene rings is 1. The van der Waals surface area contributed by atoms with E-state index in [0.717, 1.165) is 62.9 Å². The molecule has 2 aromatic rings. The van der Waals surface area contributed by atoms with Crippen LogP contribution in [0.15, 0.2) is 36.4 Å². The Bertz CT molecular complexity index is 733. The van der Waals surface area contributed by atoms with Gasteiger partial charge in [0.05, 0.1) is 9.88 Å². The Morgan fingerprint density at radius 1 is 0.846 bits per heavy atom. The number of nitrogens with one attached hydrogen (secondary N) is 3. The van der Waals surface area contributed by atoms with Crippen molar-refractivity contribution in [1.29, 1.82) is 0 Å². The standard InChI is InChI=1S/C19H25N5OS/c25-19(17-5-6-18(26-17)24-13-9-21-10-14-24)22-15-1-3-16(4-2-15)23-11-7-20-8-12-23/h1-6,20-21H,7-14H2,(H,22,25). The third kappa shape index (κ3) is 4.00. The largest absolute Gasteiger partial charge is 0.369 e. The molecule has 0 spiro atoms. The van der Waals surface area contributed by atoms with Crippen molar-refractivity contribution >= 4 is 33.6 Å². The summed E-state index contributed by atoms with van der Waals surface area (Å²) in [5.41, 5.74) is 2.05. The fraction of sp³-hybridized carbons (Fsp3) is 0.421. The molecule has 26 heavy (non-hydrogen) atoms. The minimum Gasteiger partial charge on any atom is -0.369 e. The van der Waals surface area contributed by atoms with Crippen molar-refractivity contribution in [3.63, 3.8) is 0 Å². The highest BCUT2D eigenvalue weighted by atomic mass is 32.1. The first-order chi connectivity index (χ1) is 12.8. The Labute approximate surface area is 158 Å². The molecule has 0 bridgehead atoms. The topological polar surface area (TPSA) is 59.6 Å². The molecule has 1 amide bonds. The van der Waals surface area contributed by atoms with Gasteiger partial charge in [-0.1, -0.05) is 0 Å². The lowest BCUT2D eigenvalue weighted by atomic mass is 10.2. The van der Waals surface area contributed by atoms with E-state index in [-0.39, 0.29) is 5.91 Å². The minimum atomic E-state index is -0.0358. The van der Waals surface area contributed by atoms with Gasteiger partial charge in [-0.25, -0.2) is 0 Å². The van der Waals surface area contributed by atoms with Gasteiger partial charge in [0.15, 0.2) is 0 Å². The van der Waals surface area contributed by atoms with Crippen LogP contribution in [0.4, 0.5) is 16.4 Å². The number of benzene rings is 1. The fourth-order valence-electron chi connectivity index (χ4n) is 3.38. The van der Waals surface area contributed by atoms with Crippen LogP contribution in [0.3, 0.4) is 0 Å². The Balaban J connectivity index is 1.37. The van der Waals surface area contributed by atoms with Crippen LogP contribution in [0.2, 0.25) is 0 Å². The van der Waals surface area contributed by atoms with Crippen molar-refractivity contribution in [1.82, 2.24) is 10.6 Å². The van der Waals surface area contributed by atoms with Gasteiger partial charge in [0, 0.05) is 63.7 Å². The number of carbonyl (C=O) groups is 1.